The molecule has 3 rings (SSSR count). The van der Waals surface area contributed by atoms with Crippen molar-refractivity contribution in [3.05, 3.63) is 60.7 Å². The van der Waals surface area contributed by atoms with E-state index < -0.39 is 0 Å². The van der Waals surface area contributed by atoms with Gasteiger partial charge in [0.05, 0.1) is 11.8 Å². The maximum absolute atomic E-state index is 5.71. The molecule has 3 aromatic rings. The van der Waals surface area contributed by atoms with Crippen molar-refractivity contribution in [2.75, 3.05) is 37.8 Å². The SMILES string of the molecule is CC(C)Oc1ccc(Nc2cc(-c3ccccc3)nc(NCCN(C)C)n2)cc1. The number of rotatable bonds is 9. The molecule has 152 valence electrons. The molecule has 6 heteroatoms. The summed E-state index contributed by atoms with van der Waals surface area (Å²) >= 11 is 0. The minimum Gasteiger partial charge on any atom is -0.491 e. The van der Waals surface area contributed by atoms with Crippen LogP contribution in [-0.4, -0.2) is 48.2 Å². The van der Waals surface area contributed by atoms with Crippen LogP contribution in [0.15, 0.2) is 60.7 Å². The lowest BCUT2D eigenvalue weighted by Gasteiger charge is -2.14. The molecule has 0 saturated carbocycles. The first-order chi connectivity index (χ1) is 14.0. The molecule has 0 amide bonds. The third kappa shape index (κ3) is 6.47. The molecule has 2 N–H and O–H groups in total. The Labute approximate surface area is 173 Å². The lowest BCUT2D eigenvalue weighted by molar-refractivity contribution is 0.242. The summed E-state index contributed by atoms with van der Waals surface area (Å²) in [6.07, 6.45) is 0.153. The summed E-state index contributed by atoms with van der Waals surface area (Å²) in [6.45, 7) is 5.71. The molecule has 0 unspecified atom stereocenters. The number of nitrogens with one attached hydrogen (secondary N) is 2. The monoisotopic (exact) mass is 391 g/mol. The highest BCUT2D eigenvalue weighted by Gasteiger charge is 2.08. The second kappa shape index (κ2) is 9.89. The summed E-state index contributed by atoms with van der Waals surface area (Å²) in [4.78, 5) is 11.4. The van der Waals surface area contributed by atoms with Crippen LogP contribution < -0.4 is 15.4 Å². The molecular formula is C23H29N5O. The molecule has 2 aromatic carbocycles. The summed E-state index contributed by atoms with van der Waals surface area (Å²) in [7, 11) is 4.09. The van der Waals surface area contributed by atoms with E-state index in [2.05, 4.69) is 25.5 Å². The highest BCUT2D eigenvalue weighted by molar-refractivity contribution is 5.67. The van der Waals surface area contributed by atoms with E-state index in [-0.39, 0.29) is 6.10 Å². The summed E-state index contributed by atoms with van der Waals surface area (Å²) in [5, 5.41) is 6.70. The smallest absolute Gasteiger partial charge is 0.225 e. The Morgan fingerprint density at radius 3 is 2.34 bits per heavy atom. The zero-order valence-corrected chi connectivity index (χ0v) is 17.5. The number of nitrogens with zero attached hydrogens (tertiary/aromatic N) is 3. The lowest BCUT2D eigenvalue weighted by atomic mass is 10.1. The average Bonchev–Trinajstić information content (AvgIpc) is 2.69. The number of ether oxygens (including phenoxy) is 1. The summed E-state index contributed by atoms with van der Waals surface area (Å²) in [6, 6.07) is 20.0. The van der Waals surface area contributed by atoms with Crippen LogP contribution in [0.2, 0.25) is 0 Å². The number of benzene rings is 2. The van der Waals surface area contributed by atoms with Crippen molar-refractivity contribution in [1.29, 1.82) is 0 Å². The van der Waals surface area contributed by atoms with E-state index in [9.17, 15) is 0 Å². The van der Waals surface area contributed by atoms with Gasteiger partial charge in [-0.25, -0.2) is 4.98 Å². The molecule has 0 aliphatic carbocycles. The van der Waals surface area contributed by atoms with Crippen molar-refractivity contribution >= 4 is 17.5 Å². The number of anilines is 3. The van der Waals surface area contributed by atoms with Crippen LogP contribution in [0.25, 0.3) is 11.3 Å². The van der Waals surface area contributed by atoms with Crippen LogP contribution in [-0.2, 0) is 0 Å². The Morgan fingerprint density at radius 2 is 1.69 bits per heavy atom. The minimum atomic E-state index is 0.153. The molecule has 0 atom stereocenters. The first kappa shape index (κ1) is 20.6. The van der Waals surface area contributed by atoms with Gasteiger partial charge in [0.1, 0.15) is 11.6 Å². The highest BCUT2D eigenvalue weighted by atomic mass is 16.5. The molecule has 6 nitrogen and oxygen atoms in total. The van der Waals surface area contributed by atoms with Crippen LogP contribution in [0.3, 0.4) is 0 Å². The Hall–Kier alpha value is -3.12. The quantitative estimate of drug-likeness (QED) is 0.554. The van der Waals surface area contributed by atoms with Crippen molar-refractivity contribution in [2.45, 2.75) is 20.0 Å². The Balaban J connectivity index is 1.82. The fraction of sp³-hybridized carbons (Fsp3) is 0.304. The number of likely N-dealkylation sites (N-methyl/N-ethyl adjacent to an activating group) is 1. The topological polar surface area (TPSA) is 62.3 Å². The van der Waals surface area contributed by atoms with Gasteiger partial charge in [0.15, 0.2) is 0 Å². The van der Waals surface area contributed by atoms with Crippen LogP contribution >= 0.6 is 0 Å². The molecule has 0 saturated heterocycles. The van der Waals surface area contributed by atoms with Gasteiger partial charge in [-0.15, -0.1) is 0 Å². The number of aromatic nitrogens is 2. The van der Waals surface area contributed by atoms with Crippen LogP contribution in [0.5, 0.6) is 5.75 Å². The maximum atomic E-state index is 5.71. The molecule has 0 aliphatic rings. The zero-order chi connectivity index (χ0) is 20.6. The van der Waals surface area contributed by atoms with E-state index in [4.69, 9.17) is 4.74 Å². The van der Waals surface area contributed by atoms with E-state index in [1.807, 2.05) is 88.6 Å². The maximum Gasteiger partial charge on any atom is 0.225 e. The molecule has 29 heavy (non-hydrogen) atoms. The first-order valence-corrected chi connectivity index (χ1v) is 9.86. The van der Waals surface area contributed by atoms with Crippen molar-refractivity contribution in [3.63, 3.8) is 0 Å². The fourth-order valence-electron chi connectivity index (χ4n) is 2.78. The molecule has 0 radical (unpaired) electrons. The fourth-order valence-corrected chi connectivity index (χ4v) is 2.78. The Morgan fingerprint density at radius 1 is 0.966 bits per heavy atom. The van der Waals surface area contributed by atoms with Gasteiger partial charge in [0.2, 0.25) is 5.95 Å². The molecular weight excluding hydrogens is 362 g/mol. The van der Waals surface area contributed by atoms with Gasteiger partial charge < -0.3 is 20.3 Å². The molecule has 1 aromatic heterocycles. The average molecular weight is 392 g/mol. The minimum absolute atomic E-state index is 0.153. The molecule has 0 bridgehead atoms. The van der Waals surface area contributed by atoms with Crippen LogP contribution in [0.4, 0.5) is 17.5 Å². The van der Waals surface area contributed by atoms with Crippen molar-refractivity contribution < 1.29 is 4.74 Å². The summed E-state index contributed by atoms with van der Waals surface area (Å²) in [5.74, 6) is 2.20. The second-order valence-electron chi connectivity index (χ2n) is 7.37. The van der Waals surface area contributed by atoms with Crippen molar-refractivity contribution in [2.24, 2.45) is 0 Å². The van der Waals surface area contributed by atoms with Gasteiger partial charge in [-0.3, -0.25) is 0 Å². The van der Waals surface area contributed by atoms with Crippen LogP contribution in [0.1, 0.15) is 13.8 Å². The van der Waals surface area contributed by atoms with E-state index in [1.165, 1.54) is 0 Å². The molecule has 0 aliphatic heterocycles. The summed E-state index contributed by atoms with van der Waals surface area (Å²) in [5.41, 5.74) is 2.86. The standard InChI is InChI=1S/C23H29N5O/c1-17(2)29-20-12-10-19(11-13-20)25-22-16-21(18-8-6-5-7-9-18)26-23(27-22)24-14-15-28(3)4/h5-13,16-17H,14-15H2,1-4H3,(H2,24,25,26,27). The first-order valence-electron chi connectivity index (χ1n) is 9.86. The second-order valence-corrected chi connectivity index (χ2v) is 7.37. The van der Waals surface area contributed by atoms with Crippen LogP contribution in [0, 0.1) is 0 Å². The number of hydrogen-bond donors (Lipinski definition) is 2. The molecule has 1 heterocycles. The van der Waals surface area contributed by atoms with Gasteiger partial charge in [-0.2, -0.15) is 4.98 Å². The van der Waals surface area contributed by atoms with E-state index >= 15 is 0 Å². The molecule has 0 fully saturated rings. The van der Waals surface area contributed by atoms with Gasteiger partial charge in [-0.05, 0) is 52.2 Å². The summed E-state index contributed by atoms with van der Waals surface area (Å²) < 4.78 is 5.71. The van der Waals surface area contributed by atoms with Crippen molar-refractivity contribution in [1.82, 2.24) is 14.9 Å². The third-order valence-electron chi connectivity index (χ3n) is 4.14. The Kier molecular flexibility index (Phi) is 7.03. The van der Waals surface area contributed by atoms with Gasteiger partial charge >= 0.3 is 0 Å². The van der Waals surface area contributed by atoms with E-state index in [0.29, 0.717) is 5.95 Å². The zero-order valence-electron chi connectivity index (χ0n) is 17.5. The Bertz CT molecular complexity index is 895. The van der Waals surface area contributed by atoms with Gasteiger partial charge in [0.25, 0.3) is 0 Å². The lowest BCUT2D eigenvalue weighted by Crippen LogP contribution is -2.21. The largest absolute Gasteiger partial charge is 0.491 e. The van der Waals surface area contributed by atoms with E-state index in [0.717, 1.165) is 41.6 Å². The normalized spacial score (nSPS) is 11.0. The van der Waals surface area contributed by atoms with Gasteiger partial charge in [-0.1, -0.05) is 30.3 Å². The number of hydrogen-bond acceptors (Lipinski definition) is 6. The van der Waals surface area contributed by atoms with E-state index in [1.54, 1.807) is 0 Å². The van der Waals surface area contributed by atoms with Gasteiger partial charge in [0, 0.05) is 30.4 Å². The predicted octanol–water partition coefficient (Wildman–Crippen LogP) is 4.65. The predicted molar refractivity (Wildman–Crippen MR) is 120 cm³/mol. The third-order valence-corrected chi connectivity index (χ3v) is 4.14. The molecule has 0 spiro atoms. The van der Waals surface area contributed by atoms with Crippen molar-refractivity contribution in [3.8, 4) is 17.0 Å². The highest BCUT2D eigenvalue weighted by Crippen LogP contribution is 2.25.